The van der Waals surface area contributed by atoms with Crippen LogP contribution in [0.1, 0.15) is 0 Å². The minimum Gasteiger partial charge on any atom is -0.376 e. The first-order valence-corrected chi connectivity index (χ1v) is 17.5. The fraction of sp³-hybridized carbons (Fsp3) is 0.0455. The molecule has 6 heteroatoms. The number of fused-ring (bicyclic) bond motifs is 10. The van der Waals surface area contributed by atoms with Gasteiger partial charge in [0.2, 0.25) is 0 Å². The van der Waals surface area contributed by atoms with Gasteiger partial charge in [-0.1, -0.05) is 109 Å². The third-order valence-electron chi connectivity index (χ3n) is 11.4. The van der Waals surface area contributed by atoms with Gasteiger partial charge in [0.25, 0.3) is 0 Å². The average Bonchev–Trinajstić information content (AvgIpc) is 3.18. The summed E-state index contributed by atoms with van der Waals surface area (Å²) in [6.07, 6.45) is 0. The van der Waals surface area contributed by atoms with Crippen molar-refractivity contribution in [1.82, 2.24) is 0 Å². The standard InChI is InChI=1S/C44H32B2N4/c1-47-37-27-15-11-23-33(37)45-41-39(31-21-9-13-25-35(31)49(45)29-17-5-3-6-18-29)40-32-22-10-14-26-36(32)50(30-19-7-4-8-20-30)46-34-24-12-16-28-38(34)48(2)44(42(40)46)43(41)47/h3-28H,1-2H3. The quantitative estimate of drug-likeness (QED) is 0.180. The zero-order valence-corrected chi connectivity index (χ0v) is 28.0. The van der Waals surface area contributed by atoms with Crippen LogP contribution in [-0.4, -0.2) is 27.8 Å². The molecule has 4 nitrogen and oxygen atoms in total. The highest BCUT2D eigenvalue weighted by Gasteiger charge is 2.52. The Morgan fingerprint density at radius 2 is 0.700 bits per heavy atom. The fourth-order valence-electron chi connectivity index (χ4n) is 9.49. The zero-order chi connectivity index (χ0) is 33.1. The molecule has 7 aromatic rings. The number of hydrogen-bond donors (Lipinski definition) is 0. The molecule has 0 atom stereocenters. The lowest BCUT2D eigenvalue weighted by atomic mass is 9.38. The molecule has 0 N–H and O–H groups in total. The third kappa shape index (κ3) is 3.47. The van der Waals surface area contributed by atoms with Crippen molar-refractivity contribution in [2.24, 2.45) is 0 Å². The van der Waals surface area contributed by atoms with E-state index in [4.69, 9.17) is 0 Å². The molecule has 0 aliphatic carbocycles. The molecule has 0 radical (unpaired) electrons. The molecule has 0 bridgehead atoms. The van der Waals surface area contributed by atoms with Crippen LogP contribution in [0.15, 0.2) is 158 Å². The smallest absolute Gasteiger partial charge is 0.333 e. The second-order valence-electron chi connectivity index (χ2n) is 13.8. The predicted molar refractivity (Wildman–Crippen MR) is 214 cm³/mol. The summed E-state index contributed by atoms with van der Waals surface area (Å²) in [6.45, 7) is -0.0378. The highest BCUT2D eigenvalue weighted by atomic mass is 15.2. The molecule has 0 unspecified atom stereocenters. The molecule has 0 saturated carbocycles. The first-order chi connectivity index (χ1) is 24.7. The SMILES string of the molecule is CN1c2ccccc2B2c3c(c4c5c(c31)N(C)c1ccccc1B5N(c1ccccc1)c1ccccc1-4)-c1ccccc1N2c1ccccc1. The van der Waals surface area contributed by atoms with Crippen molar-refractivity contribution < 1.29 is 0 Å². The van der Waals surface area contributed by atoms with Crippen molar-refractivity contribution in [3.63, 3.8) is 0 Å². The molecule has 7 aromatic carbocycles. The number of hydrogen-bond acceptors (Lipinski definition) is 4. The van der Waals surface area contributed by atoms with Crippen LogP contribution in [0.25, 0.3) is 22.3 Å². The molecule has 4 heterocycles. The van der Waals surface area contributed by atoms with E-state index in [1.165, 1.54) is 89.6 Å². The zero-order valence-electron chi connectivity index (χ0n) is 28.0. The van der Waals surface area contributed by atoms with E-state index in [9.17, 15) is 0 Å². The van der Waals surface area contributed by atoms with Crippen LogP contribution in [0.4, 0.5) is 45.5 Å². The van der Waals surface area contributed by atoms with Crippen LogP contribution in [-0.2, 0) is 0 Å². The Kier molecular flexibility index (Phi) is 5.66. The van der Waals surface area contributed by atoms with Gasteiger partial charge in [-0.2, -0.15) is 0 Å². The van der Waals surface area contributed by atoms with Crippen molar-refractivity contribution in [1.29, 1.82) is 0 Å². The maximum Gasteiger partial charge on any atom is 0.333 e. The van der Waals surface area contributed by atoms with Gasteiger partial charge >= 0.3 is 13.7 Å². The Morgan fingerprint density at radius 1 is 0.360 bits per heavy atom. The molecule has 50 heavy (non-hydrogen) atoms. The summed E-state index contributed by atoms with van der Waals surface area (Å²) in [5.41, 5.74) is 20.6. The van der Waals surface area contributed by atoms with Crippen LogP contribution >= 0.6 is 0 Å². The van der Waals surface area contributed by atoms with E-state index in [0.29, 0.717) is 0 Å². The van der Waals surface area contributed by atoms with Crippen LogP contribution in [0, 0.1) is 0 Å². The lowest BCUT2D eigenvalue weighted by Crippen LogP contribution is -2.66. The first-order valence-electron chi connectivity index (χ1n) is 17.5. The molecular formula is C44H32B2N4. The summed E-state index contributed by atoms with van der Waals surface area (Å²) >= 11 is 0. The van der Waals surface area contributed by atoms with Gasteiger partial charge in [0.1, 0.15) is 0 Å². The van der Waals surface area contributed by atoms with Crippen LogP contribution < -0.4 is 41.3 Å². The molecular weight excluding hydrogens is 606 g/mol. The van der Waals surface area contributed by atoms with E-state index in [-0.39, 0.29) is 13.7 Å². The molecule has 11 rings (SSSR count). The van der Waals surface area contributed by atoms with Crippen LogP contribution in [0.2, 0.25) is 0 Å². The predicted octanol–water partition coefficient (Wildman–Crippen LogP) is 7.70. The molecule has 0 amide bonds. The number of rotatable bonds is 2. The van der Waals surface area contributed by atoms with Crippen LogP contribution in [0.3, 0.4) is 0 Å². The monoisotopic (exact) mass is 638 g/mol. The molecule has 0 aromatic heterocycles. The van der Waals surface area contributed by atoms with E-state index in [0.717, 1.165) is 0 Å². The molecule has 0 saturated heterocycles. The number of anilines is 8. The maximum absolute atomic E-state index is 2.59. The normalized spacial score (nSPS) is 14.4. The van der Waals surface area contributed by atoms with Gasteiger partial charge in [-0.3, -0.25) is 0 Å². The Labute approximate surface area is 293 Å². The van der Waals surface area contributed by atoms with E-state index < -0.39 is 0 Å². The van der Waals surface area contributed by atoms with Crippen molar-refractivity contribution >= 4 is 81.0 Å². The van der Waals surface area contributed by atoms with Gasteiger partial charge in [-0.25, -0.2) is 0 Å². The minimum atomic E-state index is -0.0189. The Hall–Kier alpha value is -6.13. The van der Waals surface area contributed by atoms with Crippen LogP contribution in [0.5, 0.6) is 0 Å². The van der Waals surface area contributed by atoms with Gasteiger partial charge in [-0.15, -0.1) is 0 Å². The second kappa shape index (κ2) is 10.2. The lowest BCUT2D eigenvalue weighted by molar-refractivity contribution is 1.15. The van der Waals surface area contributed by atoms with E-state index in [1.54, 1.807) is 0 Å². The average molecular weight is 638 g/mol. The molecule has 234 valence electrons. The highest BCUT2D eigenvalue weighted by Crippen LogP contribution is 2.54. The molecule has 4 aliphatic rings. The van der Waals surface area contributed by atoms with Gasteiger partial charge < -0.3 is 19.4 Å². The Bertz CT molecular complexity index is 2340. The minimum absolute atomic E-state index is 0.0189. The number of nitrogens with zero attached hydrogens (tertiary/aromatic N) is 4. The summed E-state index contributed by atoms with van der Waals surface area (Å²) in [5.74, 6) is 0. The summed E-state index contributed by atoms with van der Waals surface area (Å²) < 4.78 is 0. The number of benzene rings is 7. The summed E-state index contributed by atoms with van der Waals surface area (Å²) in [7, 11) is 4.55. The largest absolute Gasteiger partial charge is 0.376 e. The van der Waals surface area contributed by atoms with Crippen molar-refractivity contribution in [2.75, 3.05) is 33.5 Å². The van der Waals surface area contributed by atoms with Gasteiger partial charge in [-0.05, 0) is 81.5 Å². The second-order valence-corrected chi connectivity index (χ2v) is 13.8. The van der Waals surface area contributed by atoms with E-state index >= 15 is 0 Å². The van der Waals surface area contributed by atoms with Crippen molar-refractivity contribution in [3.05, 3.63) is 158 Å². The highest BCUT2D eigenvalue weighted by molar-refractivity contribution is 6.97. The van der Waals surface area contributed by atoms with Gasteiger partial charge in [0.15, 0.2) is 0 Å². The van der Waals surface area contributed by atoms with Gasteiger partial charge in [0.05, 0.1) is 11.4 Å². The summed E-state index contributed by atoms with van der Waals surface area (Å²) in [5, 5.41) is 0. The number of para-hydroxylation sites is 6. The fourth-order valence-corrected chi connectivity index (χ4v) is 9.49. The Balaban J connectivity index is 1.36. The first kappa shape index (κ1) is 27.8. The maximum atomic E-state index is 2.59. The molecule has 0 spiro atoms. The van der Waals surface area contributed by atoms with E-state index in [1.807, 2.05) is 0 Å². The van der Waals surface area contributed by atoms with Crippen molar-refractivity contribution in [3.8, 4) is 22.3 Å². The topological polar surface area (TPSA) is 13.0 Å². The molecule has 4 aliphatic heterocycles. The lowest BCUT2D eigenvalue weighted by Gasteiger charge is -2.51. The summed E-state index contributed by atoms with van der Waals surface area (Å²) in [4.78, 5) is 10.1. The Morgan fingerprint density at radius 3 is 1.12 bits per heavy atom. The third-order valence-corrected chi connectivity index (χ3v) is 11.4. The van der Waals surface area contributed by atoms with Crippen molar-refractivity contribution in [2.45, 2.75) is 0 Å². The van der Waals surface area contributed by atoms with Gasteiger partial charge in [0, 0.05) is 59.3 Å². The summed E-state index contributed by atoms with van der Waals surface area (Å²) in [6, 6.07) is 58.1. The van der Waals surface area contributed by atoms with E-state index in [2.05, 4.69) is 191 Å². The molecule has 0 fully saturated rings.